The maximum Gasteiger partial charge on any atom is 0.223 e. The van der Waals surface area contributed by atoms with Crippen molar-refractivity contribution < 1.29 is 14.3 Å². The number of thiophene rings is 1. The van der Waals surface area contributed by atoms with Crippen LogP contribution in [0.25, 0.3) is 0 Å². The predicted octanol–water partition coefficient (Wildman–Crippen LogP) is 3.69. The highest BCUT2D eigenvalue weighted by Gasteiger charge is 2.21. The Morgan fingerprint density at radius 2 is 1.96 bits per heavy atom. The zero-order valence-electron chi connectivity index (χ0n) is 13.8. The molecule has 0 N–H and O–H groups in total. The molecule has 1 amide bonds. The summed E-state index contributed by atoms with van der Waals surface area (Å²) in [5.41, 5.74) is 1.88. The summed E-state index contributed by atoms with van der Waals surface area (Å²) in [7, 11) is 0. The first-order valence-corrected chi connectivity index (χ1v) is 9.14. The van der Waals surface area contributed by atoms with E-state index in [0.29, 0.717) is 18.7 Å². The lowest BCUT2D eigenvalue weighted by Crippen LogP contribution is -2.35. The fourth-order valence-electron chi connectivity index (χ4n) is 2.89. The van der Waals surface area contributed by atoms with Gasteiger partial charge in [0.2, 0.25) is 5.91 Å². The first kappa shape index (κ1) is 16.7. The van der Waals surface area contributed by atoms with Gasteiger partial charge in [-0.1, -0.05) is 0 Å². The smallest absolute Gasteiger partial charge is 0.223 e. The summed E-state index contributed by atoms with van der Waals surface area (Å²) in [6.07, 6.45) is 1.44. The normalized spacial score (nSPS) is 13.5. The van der Waals surface area contributed by atoms with E-state index < -0.39 is 0 Å². The molecule has 0 spiro atoms. The number of ether oxygens (including phenoxy) is 1. The van der Waals surface area contributed by atoms with Crippen LogP contribution in [-0.2, 0) is 17.8 Å². The van der Waals surface area contributed by atoms with Gasteiger partial charge in [0, 0.05) is 36.4 Å². The Morgan fingerprint density at radius 3 is 2.71 bits per heavy atom. The van der Waals surface area contributed by atoms with Gasteiger partial charge in [-0.05, 0) is 54.6 Å². The van der Waals surface area contributed by atoms with Crippen molar-refractivity contribution >= 4 is 23.0 Å². The van der Waals surface area contributed by atoms with Gasteiger partial charge in [-0.25, -0.2) is 0 Å². The molecule has 3 rings (SSSR count). The minimum Gasteiger partial charge on any atom is -0.494 e. The second-order valence-electron chi connectivity index (χ2n) is 5.81. The molecule has 5 heteroatoms. The first-order chi connectivity index (χ1) is 11.7. The molecule has 2 heterocycles. The number of amides is 1. The van der Waals surface area contributed by atoms with Crippen LogP contribution in [0.3, 0.4) is 0 Å². The number of Topliss-reactive ketones (excluding diaryl/α,β-unsaturated/α-hetero) is 1. The summed E-state index contributed by atoms with van der Waals surface area (Å²) in [5.74, 6) is 0.816. The lowest BCUT2D eigenvalue weighted by molar-refractivity contribution is -0.132. The van der Waals surface area contributed by atoms with Gasteiger partial charge in [0.05, 0.1) is 6.61 Å². The van der Waals surface area contributed by atoms with Gasteiger partial charge in [-0.3, -0.25) is 9.59 Å². The molecule has 0 saturated carbocycles. The maximum absolute atomic E-state index is 12.4. The number of rotatable bonds is 6. The Bertz CT molecular complexity index is 720. The zero-order chi connectivity index (χ0) is 16.9. The van der Waals surface area contributed by atoms with Gasteiger partial charge >= 0.3 is 0 Å². The largest absolute Gasteiger partial charge is 0.494 e. The molecule has 2 aromatic rings. The fourth-order valence-corrected chi connectivity index (χ4v) is 3.78. The van der Waals surface area contributed by atoms with E-state index in [0.717, 1.165) is 18.7 Å². The lowest BCUT2D eigenvalue weighted by atomic mass is 10.0. The topological polar surface area (TPSA) is 46.6 Å². The molecule has 0 aliphatic carbocycles. The molecular formula is C19H21NO3S. The highest BCUT2D eigenvalue weighted by Crippen LogP contribution is 2.24. The molecular weight excluding hydrogens is 322 g/mol. The van der Waals surface area contributed by atoms with E-state index in [-0.39, 0.29) is 24.5 Å². The summed E-state index contributed by atoms with van der Waals surface area (Å²) in [6, 6.07) is 9.19. The molecule has 1 aliphatic rings. The molecule has 0 atom stereocenters. The Labute approximate surface area is 146 Å². The SMILES string of the molecule is CCOc1ccc(C(=O)CCC(=O)N2CCc3sccc3C2)cc1. The van der Waals surface area contributed by atoms with Crippen LogP contribution in [0.2, 0.25) is 0 Å². The Kier molecular flexibility index (Phi) is 5.30. The highest BCUT2D eigenvalue weighted by atomic mass is 32.1. The van der Waals surface area contributed by atoms with Crippen molar-refractivity contribution in [1.82, 2.24) is 4.90 Å². The first-order valence-electron chi connectivity index (χ1n) is 8.26. The predicted molar refractivity (Wildman–Crippen MR) is 94.6 cm³/mol. The maximum atomic E-state index is 12.4. The molecule has 126 valence electrons. The summed E-state index contributed by atoms with van der Waals surface area (Å²) >= 11 is 1.76. The second kappa shape index (κ2) is 7.62. The molecule has 0 unspecified atom stereocenters. The van der Waals surface area contributed by atoms with Gasteiger partial charge in [0.1, 0.15) is 5.75 Å². The number of carbonyl (C=O) groups excluding carboxylic acids is 2. The van der Waals surface area contributed by atoms with Crippen LogP contribution in [0.5, 0.6) is 5.75 Å². The van der Waals surface area contributed by atoms with Crippen LogP contribution in [0.4, 0.5) is 0 Å². The summed E-state index contributed by atoms with van der Waals surface area (Å²) in [6.45, 7) is 3.95. The number of fused-ring (bicyclic) bond motifs is 1. The number of carbonyl (C=O) groups is 2. The fraction of sp³-hybridized carbons (Fsp3) is 0.368. The highest BCUT2D eigenvalue weighted by molar-refractivity contribution is 7.10. The van der Waals surface area contributed by atoms with Crippen LogP contribution in [0.15, 0.2) is 35.7 Å². The van der Waals surface area contributed by atoms with E-state index in [4.69, 9.17) is 4.74 Å². The van der Waals surface area contributed by atoms with Crippen molar-refractivity contribution in [2.45, 2.75) is 32.7 Å². The third-order valence-corrected chi connectivity index (χ3v) is 5.24. The molecule has 1 aromatic carbocycles. The quantitative estimate of drug-likeness (QED) is 0.752. The van der Waals surface area contributed by atoms with Crippen molar-refractivity contribution in [1.29, 1.82) is 0 Å². The standard InChI is InChI=1S/C19H21NO3S/c1-2-23-16-5-3-14(4-6-16)17(21)7-8-19(22)20-11-9-18-15(13-20)10-12-24-18/h3-6,10,12H,2,7-9,11,13H2,1H3. The van der Waals surface area contributed by atoms with Gasteiger partial charge in [0.15, 0.2) is 5.78 Å². The van der Waals surface area contributed by atoms with Crippen LogP contribution >= 0.6 is 11.3 Å². The Hall–Kier alpha value is -2.14. The molecule has 1 aromatic heterocycles. The van der Waals surface area contributed by atoms with Gasteiger partial charge in [-0.15, -0.1) is 11.3 Å². The molecule has 4 nitrogen and oxygen atoms in total. The van der Waals surface area contributed by atoms with E-state index in [2.05, 4.69) is 11.4 Å². The third-order valence-electron chi connectivity index (χ3n) is 4.21. The number of hydrogen-bond donors (Lipinski definition) is 0. The third kappa shape index (κ3) is 3.85. The Balaban J connectivity index is 1.51. The van der Waals surface area contributed by atoms with Gasteiger partial charge in [-0.2, -0.15) is 0 Å². The zero-order valence-corrected chi connectivity index (χ0v) is 14.6. The molecule has 0 bridgehead atoms. The van der Waals surface area contributed by atoms with Crippen LogP contribution in [-0.4, -0.2) is 29.7 Å². The van der Waals surface area contributed by atoms with E-state index in [9.17, 15) is 9.59 Å². The van der Waals surface area contributed by atoms with E-state index >= 15 is 0 Å². The van der Waals surface area contributed by atoms with Crippen molar-refractivity contribution in [3.05, 3.63) is 51.7 Å². The molecule has 1 aliphatic heterocycles. The molecule has 0 radical (unpaired) electrons. The van der Waals surface area contributed by atoms with Crippen LogP contribution < -0.4 is 4.74 Å². The number of hydrogen-bond acceptors (Lipinski definition) is 4. The summed E-state index contributed by atoms with van der Waals surface area (Å²) < 4.78 is 5.37. The summed E-state index contributed by atoms with van der Waals surface area (Å²) in [4.78, 5) is 27.9. The number of ketones is 1. The minimum absolute atomic E-state index is 0.000342. The van der Waals surface area contributed by atoms with E-state index in [1.807, 2.05) is 11.8 Å². The average Bonchev–Trinajstić information content (AvgIpc) is 3.08. The number of nitrogens with zero attached hydrogens (tertiary/aromatic N) is 1. The average molecular weight is 343 g/mol. The molecule has 0 saturated heterocycles. The van der Waals surface area contributed by atoms with E-state index in [1.54, 1.807) is 35.6 Å². The minimum atomic E-state index is -0.000342. The second-order valence-corrected chi connectivity index (χ2v) is 6.82. The summed E-state index contributed by atoms with van der Waals surface area (Å²) in [5, 5.41) is 2.08. The lowest BCUT2D eigenvalue weighted by Gasteiger charge is -2.27. The Morgan fingerprint density at radius 1 is 1.17 bits per heavy atom. The monoisotopic (exact) mass is 343 g/mol. The number of benzene rings is 1. The van der Waals surface area contributed by atoms with Crippen molar-refractivity contribution in [2.75, 3.05) is 13.2 Å². The van der Waals surface area contributed by atoms with Crippen molar-refractivity contribution in [3.8, 4) is 5.75 Å². The van der Waals surface area contributed by atoms with Crippen LogP contribution in [0, 0.1) is 0 Å². The molecule has 24 heavy (non-hydrogen) atoms. The van der Waals surface area contributed by atoms with Crippen molar-refractivity contribution in [3.63, 3.8) is 0 Å². The van der Waals surface area contributed by atoms with Crippen LogP contribution in [0.1, 0.15) is 40.6 Å². The van der Waals surface area contributed by atoms with Gasteiger partial charge < -0.3 is 9.64 Å². The van der Waals surface area contributed by atoms with Crippen molar-refractivity contribution in [2.24, 2.45) is 0 Å². The van der Waals surface area contributed by atoms with Gasteiger partial charge in [0.25, 0.3) is 0 Å². The van der Waals surface area contributed by atoms with E-state index in [1.165, 1.54) is 10.4 Å². The molecule has 0 fully saturated rings.